The molecule has 5 heteroatoms. The number of nitrogens with zero attached hydrogens (tertiary/aromatic N) is 1. The van der Waals surface area contributed by atoms with Crippen LogP contribution in [0.3, 0.4) is 0 Å². The smallest absolute Gasteiger partial charge is 0.338 e. The summed E-state index contributed by atoms with van der Waals surface area (Å²) in [7, 11) is 0. The van der Waals surface area contributed by atoms with E-state index >= 15 is 0 Å². The third-order valence-electron chi connectivity index (χ3n) is 5.66. The van der Waals surface area contributed by atoms with E-state index in [1.54, 1.807) is 38.1 Å². The number of carbonyl (C=O) groups excluding carboxylic acids is 2. The predicted molar refractivity (Wildman–Crippen MR) is 136 cm³/mol. The Bertz CT molecular complexity index is 1370. The first-order valence-electron chi connectivity index (χ1n) is 11.3. The maximum atomic E-state index is 13.6. The number of pyridine rings is 1. The molecule has 5 nitrogen and oxygen atoms in total. The van der Waals surface area contributed by atoms with E-state index in [0.717, 1.165) is 38.9 Å². The molecular formula is C29H28N2O3. The lowest BCUT2D eigenvalue weighted by Crippen LogP contribution is -2.16. The molecule has 1 amide bonds. The van der Waals surface area contributed by atoms with Crippen LogP contribution < -0.4 is 5.32 Å². The van der Waals surface area contributed by atoms with Crippen LogP contribution in [-0.4, -0.2) is 23.0 Å². The number of rotatable bonds is 5. The monoisotopic (exact) mass is 452 g/mol. The first kappa shape index (κ1) is 23.2. The second-order valence-corrected chi connectivity index (χ2v) is 8.79. The molecule has 0 spiro atoms. The van der Waals surface area contributed by atoms with Gasteiger partial charge in [0.05, 0.1) is 28.4 Å². The zero-order chi connectivity index (χ0) is 24.4. The Morgan fingerprint density at radius 1 is 0.912 bits per heavy atom. The summed E-state index contributed by atoms with van der Waals surface area (Å²) < 4.78 is 5.23. The molecule has 4 aromatic rings. The molecule has 172 valence electrons. The molecular weight excluding hydrogens is 424 g/mol. The Balaban J connectivity index is 1.76. The van der Waals surface area contributed by atoms with Crippen molar-refractivity contribution < 1.29 is 14.3 Å². The molecule has 1 N–H and O–H groups in total. The van der Waals surface area contributed by atoms with Crippen molar-refractivity contribution in [2.45, 2.75) is 40.7 Å². The van der Waals surface area contributed by atoms with Gasteiger partial charge in [-0.15, -0.1) is 0 Å². The molecule has 0 aliphatic heterocycles. The van der Waals surface area contributed by atoms with Gasteiger partial charge in [0.1, 0.15) is 0 Å². The molecule has 0 saturated carbocycles. The van der Waals surface area contributed by atoms with Crippen molar-refractivity contribution in [3.63, 3.8) is 0 Å². The van der Waals surface area contributed by atoms with E-state index in [4.69, 9.17) is 9.72 Å². The van der Waals surface area contributed by atoms with E-state index in [1.165, 1.54) is 0 Å². The van der Waals surface area contributed by atoms with Crippen LogP contribution in [0.5, 0.6) is 0 Å². The van der Waals surface area contributed by atoms with Gasteiger partial charge < -0.3 is 10.1 Å². The number of aromatic nitrogens is 1. The van der Waals surface area contributed by atoms with Crippen molar-refractivity contribution in [2.24, 2.45) is 0 Å². The van der Waals surface area contributed by atoms with Gasteiger partial charge in [-0.3, -0.25) is 4.79 Å². The second kappa shape index (κ2) is 9.48. The van der Waals surface area contributed by atoms with Gasteiger partial charge in [0, 0.05) is 16.6 Å². The summed E-state index contributed by atoms with van der Waals surface area (Å²) in [6.07, 6.45) is -0.194. The number of fused-ring (bicyclic) bond motifs is 1. The van der Waals surface area contributed by atoms with Crippen LogP contribution in [-0.2, 0) is 4.74 Å². The number of anilines is 1. The lowest BCUT2D eigenvalue weighted by Gasteiger charge is -2.17. The zero-order valence-corrected chi connectivity index (χ0v) is 20.1. The number of aryl methyl sites for hydroxylation is 2. The normalized spacial score (nSPS) is 11.0. The number of esters is 1. The summed E-state index contributed by atoms with van der Waals surface area (Å²) in [4.78, 5) is 30.7. The molecule has 0 radical (unpaired) electrons. The van der Waals surface area contributed by atoms with Crippen molar-refractivity contribution in [1.29, 1.82) is 0 Å². The standard InChI is InChI=1S/C29H28N2O3/c1-17(2)34-29(33)22-11-13-23(14-12-22)30-28(32)25-20(5)27(21-9-7-6-8-10-21)31-26-19(4)15-18(3)16-24(25)26/h6-17H,1-5H3,(H,30,32). The third kappa shape index (κ3) is 4.69. The van der Waals surface area contributed by atoms with Gasteiger partial charge in [0.15, 0.2) is 0 Å². The average molecular weight is 453 g/mol. The van der Waals surface area contributed by atoms with Crippen molar-refractivity contribution in [3.05, 3.63) is 94.5 Å². The highest BCUT2D eigenvalue weighted by molar-refractivity contribution is 6.15. The Morgan fingerprint density at radius 2 is 1.59 bits per heavy atom. The van der Waals surface area contributed by atoms with Crippen LogP contribution in [0.2, 0.25) is 0 Å². The van der Waals surface area contributed by atoms with Gasteiger partial charge in [0.2, 0.25) is 0 Å². The lowest BCUT2D eigenvalue weighted by atomic mass is 9.94. The van der Waals surface area contributed by atoms with Gasteiger partial charge in [-0.2, -0.15) is 0 Å². The van der Waals surface area contributed by atoms with E-state index in [2.05, 4.69) is 11.4 Å². The van der Waals surface area contributed by atoms with Crippen molar-refractivity contribution in [1.82, 2.24) is 4.98 Å². The molecule has 4 rings (SSSR count). The zero-order valence-electron chi connectivity index (χ0n) is 20.1. The highest BCUT2D eigenvalue weighted by Gasteiger charge is 2.20. The summed E-state index contributed by atoms with van der Waals surface area (Å²) in [5, 5.41) is 3.82. The van der Waals surface area contributed by atoms with E-state index in [1.807, 2.05) is 57.2 Å². The predicted octanol–water partition coefficient (Wildman–Crippen LogP) is 6.64. The van der Waals surface area contributed by atoms with Gasteiger partial charge in [-0.25, -0.2) is 9.78 Å². The first-order valence-corrected chi connectivity index (χ1v) is 11.3. The minimum atomic E-state index is -0.387. The molecule has 0 bridgehead atoms. The van der Waals surface area contributed by atoms with Crippen LogP contribution in [0.15, 0.2) is 66.7 Å². The Morgan fingerprint density at radius 3 is 2.24 bits per heavy atom. The Kier molecular flexibility index (Phi) is 6.46. The fraction of sp³-hybridized carbons (Fsp3) is 0.207. The topological polar surface area (TPSA) is 68.3 Å². The summed E-state index contributed by atoms with van der Waals surface area (Å²) in [5.41, 5.74) is 7.11. The van der Waals surface area contributed by atoms with Crippen molar-refractivity contribution in [3.8, 4) is 11.3 Å². The van der Waals surface area contributed by atoms with E-state index < -0.39 is 0 Å². The number of ether oxygens (including phenoxy) is 1. The molecule has 0 saturated heterocycles. The van der Waals surface area contributed by atoms with Crippen LogP contribution >= 0.6 is 0 Å². The fourth-order valence-corrected chi connectivity index (χ4v) is 4.15. The quantitative estimate of drug-likeness (QED) is 0.345. The SMILES string of the molecule is Cc1cc(C)c2nc(-c3ccccc3)c(C)c(C(=O)Nc3ccc(C(=O)OC(C)C)cc3)c2c1. The molecule has 0 aliphatic rings. The van der Waals surface area contributed by atoms with Crippen LogP contribution in [0, 0.1) is 20.8 Å². The van der Waals surface area contributed by atoms with Crippen LogP contribution in [0.4, 0.5) is 5.69 Å². The Hall–Kier alpha value is -3.99. The number of hydrogen-bond acceptors (Lipinski definition) is 4. The first-order chi connectivity index (χ1) is 16.2. The maximum Gasteiger partial charge on any atom is 0.338 e. The van der Waals surface area contributed by atoms with Crippen LogP contribution in [0.1, 0.15) is 51.3 Å². The number of hydrogen-bond donors (Lipinski definition) is 1. The van der Waals surface area contributed by atoms with Gasteiger partial charge >= 0.3 is 5.97 Å². The van der Waals surface area contributed by atoms with Crippen LogP contribution in [0.25, 0.3) is 22.2 Å². The van der Waals surface area contributed by atoms with Gasteiger partial charge in [-0.05, 0) is 76.1 Å². The largest absolute Gasteiger partial charge is 0.459 e. The molecule has 0 atom stereocenters. The van der Waals surface area contributed by atoms with Gasteiger partial charge in [0.25, 0.3) is 5.91 Å². The van der Waals surface area contributed by atoms with Gasteiger partial charge in [-0.1, -0.05) is 42.0 Å². The third-order valence-corrected chi connectivity index (χ3v) is 5.66. The average Bonchev–Trinajstić information content (AvgIpc) is 2.79. The van der Waals surface area contributed by atoms with E-state index in [-0.39, 0.29) is 18.0 Å². The summed E-state index contributed by atoms with van der Waals surface area (Å²) in [6.45, 7) is 9.58. The number of amides is 1. The summed E-state index contributed by atoms with van der Waals surface area (Å²) in [5.74, 6) is -0.605. The number of carbonyl (C=O) groups is 2. The molecule has 1 heterocycles. The minimum absolute atomic E-state index is 0.194. The second-order valence-electron chi connectivity index (χ2n) is 8.79. The number of benzene rings is 3. The fourth-order valence-electron chi connectivity index (χ4n) is 4.15. The molecule has 0 aliphatic carbocycles. The van der Waals surface area contributed by atoms with E-state index in [0.29, 0.717) is 16.8 Å². The number of nitrogens with one attached hydrogen (secondary N) is 1. The minimum Gasteiger partial charge on any atom is -0.459 e. The molecule has 1 aromatic heterocycles. The van der Waals surface area contributed by atoms with E-state index in [9.17, 15) is 9.59 Å². The summed E-state index contributed by atoms with van der Waals surface area (Å²) >= 11 is 0. The van der Waals surface area contributed by atoms with Crippen molar-refractivity contribution in [2.75, 3.05) is 5.32 Å². The van der Waals surface area contributed by atoms with Crippen molar-refractivity contribution >= 4 is 28.5 Å². The maximum absolute atomic E-state index is 13.6. The molecule has 3 aromatic carbocycles. The highest BCUT2D eigenvalue weighted by Crippen LogP contribution is 2.32. The molecule has 34 heavy (non-hydrogen) atoms. The highest BCUT2D eigenvalue weighted by atomic mass is 16.5. The lowest BCUT2D eigenvalue weighted by molar-refractivity contribution is 0.0378. The summed E-state index contributed by atoms with van der Waals surface area (Å²) in [6, 6.07) is 20.7. The molecule has 0 unspecified atom stereocenters. The molecule has 0 fully saturated rings. The Labute approximate surface area is 199 Å².